The number of hydrogen-bond donors (Lipinski definition) is 1. The van der Waals surface area contributed by atoms with E-state index in [1.54, 1.807) is 18.5 Å². The molecule has 0 spiro atoms. The van der Waals surface area contributed by atoms with Gasteiger partial charge in [0.15, 0.2) is 11.6 Å². The number of aromatic nitrogens is 2. The van der Waals surface area contributed by atoms with Crippen molar-refractivity contribution in [3.63, 3.8) is 0 Å². The fourth-order valence-corrected chi connectivity index (χ4v) is 1.99. The van der Waals surface area contributed by atoms with E-state index in [9.17, 15) is 8.78 Å². The normalized spacial score (nSPS) is 12.4. The molecule has 0 aliphatic heterocycles. The second-order valence-electron chi connectivity index (χ2n) is 4.20. The molecule has 0 aliphatic carbocycles. The molecule has 1 heterocycles. The van der Waals surface area contributed by atoms with Crippen LogP contribution in [0.15, 0.2) is 36.7 Å². The molecule has 1 unspecified atom stereocenters. The van der Waals surface area contributed by atoms with E-state index in [1.807, 2.05) is 13.0 Å². The summed E-state index contributed by atoms with van der Waals surface area (Å²) in [7, 11) is 0. The molecule has 2 rings (SSSR count). The molecular weight excluding hydrogens is 248 g/mol. The van der Waals surface area contributed by atoms with Crippen LogP contribution in [-0.2, 0) is 6.42 Å². The van der Waals surface area contributed by atoms with Crippen LogP contribution in [0, 0.1) is 11.6 Å². The quantitative estimate of drug-likeness (QED) is 0.901. The predicted molar refractivity (Wildman–Crippen MR) is 68.5 cm³/mol. The van der Waals surface area contributed by atoms with E-state index in [1.165, 1.54) is 6.07 Å². The fourth-order valence-electron chi connectivity index (χ4n) is 1.99. The number of hydrogen-bond acceptors (Lipinski definition) is 3. The molecule has 0 bridgehead atoms. The van der Waals surface area contributed by atoms with Gasteiger partial charge in [-0.1, -0.05) is 19.1 Å². The Kier molecular flexibility index (Phi) is 4.52. The SMILES string of the molecule is CCNC(Cc1cccc(F)c1F)c1ccnnc1. The van der Waals surface area contributed by atoms with Gasteiger partial charge in [-0.2, -0.15) is 10.2 Å². The largest absolute Gasteiger partial charge is 0.310 e. The lowest BCUT2D eigenvalue weighted by Crippen LogP contribution is -2.23. The zero-order valence-corrected chi connectivity index (χ0v) is 10.6. The second kappa shape index (κ2) is 6.33. The van der Waals surface area contributed by atoms with Crippen LogP contribution in [0.5, 0.6) is 0 Å². The van der Waals surface area contributed by atoms with Gasteiger partial charge < -0.3 is 5.32 Å². The number of likely N-dealkylation sites (N-methyl/N-ethyl adjacent to an activating group) is 1. The zero-order chi connectivity index (χ0) is 13.7. The molecule has 5 heteroatoms. The molecule has 0 radical (unpaired) electrons. The number of benzene rings is 1. The van der Waals surface area contributed by atoms with Crippen molar-refractivity contribution >= 4 is 0 Å². The minimum atomic E-state index is -0.819. The van der Waals surface area contributed by atoms with Crippen LogP contribution in [0.2, 0.25) is 0 Å². The summed E-state index contributed by atoms with van der Waals surface area (Å²) in [5.74, 6) is -1.60. The van der Waals surface area contributed by atoms with Gasteiger partial charge >= 0.3 is 0 Å². The number of nitrogens with zero attached hydrogens (tertiary/aromatic N) is 2. The van der Waals surface area contributed by atoms with Gasteiger partial charge in [-0.05, 0) is 36.2 Å². The van der Waals surface area contributed by atoms with Crippen LogP contribution in [0.25, 0.3) is 0 Å². The lowest BCUT2D eigenvalue weighted by atomic mass is 10.00. The first-order valence-electron chi connectivity index (χ1n) is 6.15. The summed E-state index contributed by atoms with van der Waals surface area (Å²) in [5.41, 5.74) is 1.25. The smallest absolute Gasteiger partial charge is 0.162 e. The monoisotopic (exact) mass is 263 g/mol. The Morgan fingerprint density at radius 3 is 2.74 bits per heavy atom. The van der Waals surface area contributed by atoms with Gasteiger partial charge in [-0.15, -0.1) is 0 Å². The highest BCUT2D eigenvalue weighted by Crippen LogP contribution is 2.20. The first-order valence-corrected chi connectivity index (χ1v) is 6.15. The van der Waals surface area contributed by atoms with Gasteiger partial charge in [-0.3, -0.25) is 0 Å². The van der Waals surface area contributed by atoms with Crippen LogP contribution in [0.3, 0.4) is 0 Å². The zero-order valence-electron chi connectivity index (χ0n) is 10.6. The minimum Gasteiger partial charge on any atom is -0.310 e. The molecule has 0 saturated heterocycles. The summed E-state index contributed by atoms with van der Waals surface area (Å²) in [6, 6.07) is 5.93. The Labute approximate surface area is 110 Å². The van der Waals surface area contributed by atoms with Crippen molar-refractivity contribution in [2.45, 2.75) is 19.4 Å². The van der Waals surface area contributed by atoms with Gasteiger partial charge in [0.2, 0.25) is 0 Å². The third-order valence-corrected chi connectivity index (χ3v) is 2.92. The molecule has 0 saturated carbocycles. The van der Waals surface area contributed by atoms with Gasteiger partial charge in [0, 0.05) is 12.2 Å². The van der Waals surface area contributed by atoms with E-state index in [0.717, 1.165) is 18.2 Å². The first-order chi connectivity index (χ1) is 9.22. The summed E-state index contributed by atoms with van der Waals surface area (Å²) < 4.78 is 26.9. The van der Waals surface area contributed by atoms with E-state index in [-0.39, 0.29) is 6.04 Å². The van der Waals surface area contributed by atoms with Gasteiger partial charge in [0.25, 0.3) is 0 Å². The molecule has 100 valence electrons. The van der Waals surface area contributed by atoms with Crippen molar-refractivity contribution in [1.29, 1.82) is 0 Å². The van der Waals surface area contributed by atoms with Crippen molar-refractivity contribution in [3.05, 3.63) is 59.4 Å². The Bertz CT molecular complexity index is 531. The summed E-state index contributed by atoms with van der Waals surface area (Å²) in [6.07, 6.45) is 3.58. The average Bonchev–Trinajstić information content (AvgIpc) is 2.44. The average molecular weight is 263 g/mol. The Hall–Kier alpha value is -1.88. The highest BCUT2D eigenvalue weighted by Gasteiger charge is 2.15. The van der Waals surface area contributed by atoms with Crippen molar-refractivity contribution in [3.8, 4) is 0 Å². The van der Waals surface area contributed by atoms with Crippen molar-refractivity contribution in [2.75, 3.05) is 6.54 Å². The first kappa shape index (κ1) is 13.5. The molecule has 1 aromatic carbocycles. The predicted octanol–water partition coefficient (Wildman–Crippen LogP) is 2.65. The highest BCUT2D eigenvalue weighted by atomic mass is 19.2. The van der Waals surface area contributed by atoms with E-state index in [2.05, 4.69) is 15.5 Å². The standard InChI is InChI=1S/C14H15F2N3/c1-2-17-13(11-6-7-18-19-9-11)8-10-4-3-5-12(15)14(10)16/h3-7,9,13,17H,2,8H2,1H3. The maximum absolute atomic E-state index is 13.7. The summed E-state index contributed by atoms with van der Waals surface area (Å²) >= 11 is 0. The summed E-state index contributed by atoms with van der Waals surface area (Å²) in [6.45, 7) is 2.69. The summed E-state index contributed by atoms with van der Waals surface area (Å²) in [5, 5.41) is 10.8. The van der Waals surface area contributed by atoms with E-state index < -0.39 is 11.6 Å². The van der Waals surface area contributed by atoms with E-state index >= 15 is 0 Å². The molecule has 0 fully saturated rings. The van der Waals surface area contributed by atoms with Gasteiger partial charge in [0.05, 0.1) is 6.20 Å². The third kappa shape index (κ3) is 3.32. The molecule has 1 aromatic heterocycles. The minimum absolute atomic E-state index is 0.114. The molecule has 1 N–H and O–H groups in total. The van der Waals surface area contributed by atoms with Crippen molar-refractivity contribution < 1.29 is 8.78 Å². The lowest BCUT2D eigenvalue weighted by molar-refractivity contribution is 0.480. The molecule has 3 nitrogen and oxygen atoms in total. The number of halogens is 2. The third-order valence-electron chi connectivity index (χ3n) is 2.92. The van der Waals surface area contributed by atoms with Crippen LogP contribution in [0.1, 0.15) is 24.1 Å². The fraction of sp³-hybridized carbons (Fsp3) is 0.286. The van der Waals surface area contributed by atoms with E-state index in [0.29, 0.717) is 12.0 Å². The Morgan fingerprint density at radius 1 is 1.21 bits per heavy atom. The van der Waals surface area contributed by atoms with Crippen LogP contribution >= 0.6 is 0 Å². The maximum atomic E-state index is 13.7. The molecule has 0 aliphatic rings. The van der Waals surface area contributed by atoms with Gasteiger partial charge in [0.1, 0.15) is 0 Å². The lowest BCUT2D eigenvalue weighted by Gasteiger charge is -2.18. The molecule has 2 aromatic rings. The number of rotatable bonds is 5. The maximum Gasteiger partial charge on any atom is 0.162 e. The van der Waals surface area contributed by atoms with E-state index in [4.69, 9.17) is 0 Å². The Morgan fingerprint density at radius 2 is 2.05 bits per heavy atom. The van der Waals surface area contributed by atoms with Crippen LogP contribution < -0.4 is 5.32 Å². The Balaban J connectivity index is 2.24. The molecule has 1 atom stereocenters. The highest BCUT2D eigenvalue weighted by molar-refractivity contribution is 5.23. The van der Waals surface area contributed by atoms with Gasteiger partial charge in [-0.25, -0.2) is 8.78 Å². The van der Waals surface area contributed by atoms with Crippen LogP contribution in [0.4, 0.5) is 8.78 Å². The number of nitrogens with one attached hydrogen (secondary N) is 1. The summed E-state index contributed by atoms with van der Waals surface area (Å²) in [4.78, 5) is 0. The van der Waals surface area contributed by atoms with Crippen LogP contribution in [-0.4, -0.2) is 16.7 Å². The molecule has 19 heavy (non-hydrogen) atoms. The van der Waals surface area contributed by atoms with Crippen molar-refractivity contribution in [2.24, 2.45) is 0 Å². The topological polar surface area (TPSA) is 37.8 Å². The van der Waals surface area contributed by atoms with Crippen molar-refractivity contribution in [1.82, 2.24) is 15.5 Å². The second-order valence-corrected chi connectivity index (χ2v) is 4.20. The molecule has 0 amide bonds. The molecular formula is C14H15F2N3.